The van der Waals surface area contributed by atoms with Crippen molar-refractivity contribution in [3.63, 3.8) is 0 Å². The zero-order chi connectivity index (χ0) is 25.9. The van der Waals surface area contributed by atoms with E-state index in [1.165, 1.54) is 12.1 Å². The van der Waals surface area contributed by atoms with Crippen LogP contribution in [0.2, 0.25) is 0 Å². The summed E-state index contributed by atoms with van der Waals surface area (Å²) in [5, 5.41) is 12.4. The summed E-state index contributed by atoms with van der Waals surface area (Å²) < 4.78 is 21.9. The van der Waals surface area contributed by atoms with Crippen molar-refractivity contribution in [3.05, 3.63) is 77.4 Å². The van der Waals surface area contributed by atoms with Gasteiger partial charge in [0, 0.05) is 56.2 Å². The molecule has 2 saturated heterocycles. The largest absolute Gasteiger partial charge is 0.381 e. The number of likely N-dealkylation sites (tertiary alicyclic amines) is 1. The zero-order valence-electron chi connectivity index (χ0n) is 21.1. The molecule has 9 nitrogen and oxygen atoms in total. The predicted octanol–water partition coefficient (Wildman–Crippen LogP) is 4.85. The van der Waals surface area contributed by atoms with Gasteiger partial charge in [0.25, 0.3) is 0 Å². The Kier molecular flexibility index (Phi) is 6.94. The van der Waals surface area contributed by atoms with Crippen LogP contribution in [0.25, 0.3) is 21.7 Å². The molecular weight excluding hydrogens is 483 g/mol. The van der Waals surface area contributed by atoms with Gasteiger partial charge in [-0.3, -0.25) is 9.30 Å². The summed E-state index contributed by atoms with van der Waals surface area (Å²) in [6.45, 7) is 10.9. The van der Waals surface area contributed by atoms with Gasteiger partial charge in [0.1, 0.15) is 11.6 Å². The minimum atomic E-state index is -0.268. The van der Waals surface area contributed by atoms with Crippen LogP contribution in [-0.4, -0.2) is 61.8 Å². The molecule has 0 spiro atoms. The molecule has 5 heterocycles. The molecule has 0 bridgehead atoms. The number of hydrogen-bond donors (Lipinski definition) is 1. The highest BCUT2D eigenvalue weighted by atomic mass is 19.1. The molecule has 6 rings (SSSR count). The van der Waals surface area contributed by atoms with Crippen LogP contribution in [0.3, 0.4) is 0 Å². The van der Waals surface area contributed by atoms with E-state index in [1.807, 2.05) is 28.8 Å². The molecule has 0 radical (unpaired) electrons. The van der Waals surface area contributed by atoms with Crippen LogP contribution in [0.4, 0.5) is 16.0 Å². The second-order valence-corrected chi connectivity index (χ2v) is 9.96. The number of pyridine rings is 1. The molecule has 4 aromatic rings. The molecule has 1 N–H and O–H groups in total. The van der Waals surface area contributed by atoms with Gasteiger partial charge < -0.3 is 10.1 Å². The number of hydrogen-bond acceptors (Lipinski definition) is 7. The molecule has 2 aliphatic rings. The van der Waals surface area contributed by atoms with E-state index in [9.17, 15) is 4.39 Å². The highest BCUT2D eigenvalue weighted by Gasteiger charge is 2.26. The maximum absolute atomic E-state index is 14.4. The summed E-state index contributed by atoms with van der Waals surface area (Å²) >= 11 is 0. The van der Waals surface area contributed by atoms with Crippen molar-refractivity contribution in [2.75, 3.05) is 31.6 Å². The van der Waals surface area contributed by atoms with E-state index in [4.69, 9.17) is 16.3 Å². The quantitative estimate of drug-likeness (QED) is 0.370. The molecule has 38 heavy (non-hydrogen) atoms. The van der Waals surface area contributed by atoms with E-state index in [0.717, 1.165) is 74.7 Å². The molecular formula is C28H29FN8O. The Morgan fingerprint density at radius 3 is 2.87 bits per heavy atom. The fraction of sp³-hybridized carbons (Fsp3) is 0.393. The minimum absolute atomic E-state index is 0.186. The monoisotopic (exact) mass is 512 g/mol. The first-order valence-electron chi connectivity index (χ1n) is 13.1. The molecule has 2 aliphatic heterocycles. The second kappa shape index (κ2) is 10.8. The number of nitrogens with zero attached hydrogens (tertiary/aromatic N) is 7. The van der Waals surface area contributed by atoms with Gasteiger partial charge in [-0.25, -0.2) is 19.2 Å². The van der Waals surface area contributed by atoms with E-state index in [-0.39, 0.29) is 11.7 Å². The number of anilines is 1. The Morgan fingerprint density at radius 1 is 1.11 bits per heavy atom. The fourth-order valence-electron chi connectivity index (χ4n) is 5.36. The lowest BCUT2D eigenvalue weighted by Crippen LogP contribution is -2.34. The van der Waals surface area contributed by atoms with Crippen LogP contribution in [0, 0.1) is 12.4 Å². The number of nitrogens with one attached hydrogen (secondary N) is 1. The molecule has 3 aromatic heterocycles. The number of ether oxygens (including phenoxy) is 1. The number of halogens is 1. The van der Waals surface area contributed by atoms with Gasteiger partial charge >= 0.3 is 0 Å². The van der Waals surface area contributed by atoms with Crippen LogP contribution in [0.15, 0.2) is 48.8 Å². The number of aromatic nitrogens is 5. The summed E-state index contributed by atoms with van der Waals surface area (Å²) in [7, 11) is 0. The third-order valence-electron chi connectivity index (χ3n) is 7.37. The Hall–Kier alpha value is -3.94. The van der Waals surface area contributed by atoms with E-state index < -0.39 is 0 Å². The predicted molar refractivity (Wildman–Crippen MR) is 141 cm³/mol. The zero-order valence-corrected chi connectivity index (χ0v) is 21.1. The van der Waals surface area contributed by atoms with Gasteiger partial charge in [0.2, 0.25) is 5.95 Å². The highest BCUT2D eigenvalue weighted by molar-refractivity contribution is 5.64. The Balaban J connectivity index is 1.18. The van der Waals surface area contributed by atoms with Crippen molar-refractivity contribution in [2.45, 2.75) is 44.2 Å². The van der Waals surface area contributed by atoms with Crippen molar-refractivity contribution in [1.82, 2.24) is 29.5 Å². The van der Waals surface area contributed by atoms with Gasteiger partial charge in [0.15, 0.2) is 11.3 Å². The van der Waals surface area contributed by atoms with Gasteiger partial charge in [0.05, 0.1) is 12.3 Å². The summed E-state index contributed by atoms with van der Waals surface area (Å²) in [6, 6.07) is 10.8. The Morgan fingerprint density at radius 2 is 2.00 bits per heavy atom. The number of piperidine rings is 1. The Bertz CT molecular complexity index is 1480. The smallest absolute Gasteiger partial charge is 0.223 e. The summed E-state index contributed by atoms with van der Waals surface area (Å²) in [6.07, 6.45) is 7.66. The topological polar surface area (TPSA) is 84.8 Å². The average molecular weight is 513 g/mol. The standard InChI is InChI=1S/C28H29FN8O/c1-30-23-4-5-24(29)21(15-23)18-36-11-2-3-20(17-36)27-35-34-26-16-19(7-12-37(26)27)25-6-10-31-28(33-25)32-22-8-13-38-14-9-22/h4-7,10,12,15-16,20,22H,2-3,8-9,11,13-14,17-18H2,(H,31,32,33). The van der Waals surface area contributed by atoms with Gasteiger partial charge in [-0.2, -0.15) is 0 Å². The normalized spacial score (nSPS) is 18.9. The molecule has 1 atom stereocenters. The lowest BCUT2D eigenvalue weighted by molar-refractivity contribution is 0.0903. The van der Waals surface area contributed by atoms with Crippen molar-refractivity contribution < 1.29 is 9.13 Å². The van der Waals surface area contributed by atoms with Crippen LogP contribution < -0.4 is 5.32 Å². The van der Waals surface area contributed by atoms with Crippen LogP contribution in [0.5, 0.6) is 0 Å². The molecule has 1 aromatic carbocycles. The van der Waals surface area contributed by atoms with Crippen LogP contribution in [0.1, 0.15) is 43.0 Å². The van der Waals surface area contributed by atoms with E-state index in [0.29, 0.717) is 29.8 Å². The molecule has 194 valence electrons. The third kappa shape index (κ3) is 5.21. The maximum atomic E-state index is 14.4. The molecule has 10 heteroatoms. The fourth-order valence-corrected chi connectivity index (χ4v) is 5.36. The van der Waals surface area contributed by atoms with Crippen molar-refractivity contribution in [2.24, 2.45) is 0 Å². The highest BCUT2D eigenvalue weighted by Crippen LogP contribution is 2.29. The first-order chi connectivity index (χ1) is 18.7. The maximum Gasteiger partial charge on any atom is 0.223 e. The van der Waals surface area contributed by atoms with Gasteiger partial charge in [-0.1, -0.05) is 6.07 Å². The Labute approximate surface area is 220 Å². The van der Waals surface area contributed by atoms with Crippen LogP contribution >= 0.6 is 0 Å². The number of rotatable bonds is 6. The van der Waals surface area contributed by atoms with Crippen molar-refractivity contribution in [3.8, 4) is 11.3 Å². The number of benzene rings is 1. The average Bonchev–Trinajstić information content (AvgIpc) is 3.39. The van der Waals surface area contributed by atoms with Crippen LogP contribution in [-0.2, 0) is 11.3 Å². The van der Waals surface area contributed by atoms with E-state index >= 15 is 0 Å². The third-order valence-corrected chi connectivity index (χ3v) is 7.37. The summed E-state index contributed by atoms with van der Waals surface area (Å²) in [4.78, 5) is 14.8. The summed E-state index contributed by atoms with van der Waals surface area (Å²) in [5.41, 5.74) is 3.57. The molecule has 2 fully saturated rings. The van der Waals surface area contributed by atoms with Gasteiger partial charge in [-0.05, 0) is 68.1 Å². The molecule has 0 aliphatic carbocycles. The van der Waals surface area contributed by atoms with Crippen molar-refractivity contribution in [1.29, 1.82) is 0 Å². The lowest BCUT2D eigenvalue weighted by atomic mass is 9.96. The van der Waals surface area contributed by atoms with Crippen molar-refractivity contribution >= 4 is 17.3 Å². The lowest BCUT2D eigenvalue weighted by Gasteiger charge is -2.32. The SMILES string of the molecule is [C-]#[N+]c1ccc(F)c(CN2CCCC(c3nnc4cc(-c5ccnc(NC6CCOCC6)n5)ccn34)C2)c1. The molecule has 0 amide bonds. The molecule has 1 unspecified atom stereocenters. The minimum Gasteiger partial charge on any atom is -0.381 e. The summed E-state index contributed by atoms with van der Waals surface area (Å²) in [5.74, 6) is 1.45. The molecule has 0 saturated carbocycles. The first-order valence-corrected chi connectivity index (χ1v) is 13.1. The second-order valence-electron chi connectivity index (χ2n) is 9.96. The van der Waals surface area contributed by atoms with E-state index in [2.05, 4.69) is 30.2 Å². The van der Waals surface area contributed by atoms with Gasteiger partial charge in [-0.15, -0.1) is 10.2 Å². The number of fused-ring (bicyclic) bond motifs is 1. The first kappa shape index (κ1) is 24.4. The van der Waals surface area contributed by atoms with E-state index in [1.54, 1.807) is 12.3 Å².